The Balaban J connectivity index is 3.44. The Hall–Kier alpha value is -2.17. The number of nitrogens with two attached hydrogens (primary N) is 1. The van der Waals surface area contributed by atoms with E-state index in [1.54, 1.807) is 27.0 Å². The largest absolute Gasteiger partial charge is 0.465 e. The maximum atomic E-state index is 13.6. The number of ether oxygens (including phenoxy) is 1. The van der Waals surface area contributed by atoms with Gasteiger partial charge in [0.25, 0.3) is 0 Å². The zero-order chi connectivity index (χ0) is 14.6. The van der Waals surface area contributed by atoms with Crippen LogP contribution in [0.5, 0.6) is 0 Å². The van der Waals surface area contributed by atoms with E-state index >= 15 is 0 Å². The lowest BCUT2D eigenvalue weighted by molar-refractivity contribution is 0.0595. The van der Waals surface area contributed by atoms with Crippen molar-refractivity contribution in [2.75, 3.05) is 14.2 Å². The smallest absolute Gasteiger partial charge is 0.340 e. The van der Waals surface area contributed by atoms with E-state index in [0.29, 0.717) is 22.5 Å². The third-order valence-electron chi connectivity index (χ3n) is 2.75. The van der Waals surface area contributed by atoms with Crippen LogP contribution >= 0.6 is 0 Å². The average molecular weight is 264 g/mol. The van der Waals surface area contributed by atoms with Gasteiger partial charge in [0.1, 0.15) is 5.82 Å². The zero-order valence-corrected chi connectivity index (χ0v) is 11.5. The molecule has 2 N–H and O–H groups in total. The van der Waals surface area contributed by atoms with E-state index in [2.05, 4.69) is 9.73 Å². The molecule has 5 heteroatoms. The van der Waals surface area contributed by atoms with Crippen LogP contribution in [0.3, 0.4) is 0 Å². The van der Waals surface area contributed by atoms with Crippen molar-refractivity contribution < 1.29 is 13.9 Å². The number of rotatable bonds is 3. The molecule has 0 atom stereocenters. The molecular weight excluding hydrogens is 247 g/mol. The van der Waals surface area contributed by atoms with Crippen LogP contribution in [0.2, 0.25) is 0 Å². The zero-order valence-electron chi connectivity index (χ0n) is 11.5. The fourth-order valence-electron chi connectivity index (χ4n) is 1.78. The second-order valence-electron chi connectivity index (χ2n) is 4.05. The van der Waals surface area contributed by atoms with Crippen LogP contribution in [0.25, 0.3) is 5.57 Å². The van der Waals surface area contributed by atoms with Crippen LogP contribution in [0.15, 0.2) is 28.9 Å². The van der Waals surface area contributed by atoms with E-state index < -0.39 is 11.8 Å². The van der Waals surface area contributed by atoms with Crippen LogP contribution in [0.4, 0.5) is 4.39 Å². The van der Waals surface area contributed by atoms with Gasteiger partial charge in [-0.3, -0.25) is 4.99 Å². The molecule has 0 bridgehead atoms. The average Bonchev–Trinajstić information content (AvgIpc) is 2.39. The predicted molar refractivity (Wildman–Crippen MR) is 73.6 cm³/mol. The first-order chi connectivity index (χ1) is 8.92. The van der Waals surface area contributed by atoms with E-state index in [0.717, 1.165) is 0 Å². The molecule has 1 aromatic carbocycles. The summed E-state index contributed by atoms with van der Waals surface area (Å²) in [6, 6.07) is 4.19. The number of hydrogen-bond acceptors (Lipinski definition) is 4. The standard InChI is InChI=1S/C14H17FN2O2/c1-8(16)13(9(2)17-3)10-5-6-12(15)11(7-10)14(18)19-4/h5-7H,16H2,1-4H3. The van der Waals surface area contributed by atoms with Gasteiger partial charge in [0.05, 0.1) is 12.7 Å². The summed E-state index contributed by atoms with van der Waals surface area (Å²) < 4.78 is 18.1. The first-order valence-electron chi connectivity index (χ1n) is 5.70. The summed E-state index contributed by atoms with van der Waals surface area (Å²) in [6.45, 7) is 3.53. The maximum Gasteiger partial charge on any atom is 0.340 e. The molecule has 1 rings (SSSR count). The lowest BCUT2D eigenvalue weighted by Gasteiger charge is -2.11. The van der Waals surface area contributed by atoms with E-state index in [9.17, 15) is 9.18 Å². The number of halogens is 1. The number of methoxy groups -OCH3 is 1. The van der Waals surface area contributed by atoms with Crippen molar-refractivity contribution in [3.8, 4) is 0 Å². The molecular formula is C14H17FN2O2. The van der Waals surface area contributed by atoms with Crippen molar-refractivity contribution in [1.29, 1.82) is 0 Å². The number of benzene rings is 1. The molecule has 0 spiro atoms. The highest BCUT2D eigenvalue weighted by Gasteiger charge is 2.16. The van der Waals surface area contributed by atoms with E-state index in [4.69, 9.17) is 5.73 Å². The molecule has 0 amide bonds. The number of nitrogens with zero attached hydrogens (tertiary/aromatic N) is 1. The van der Waals surface area contributed by atoms with Crippen LogP contribution < -0.4 is 5.73 Å². The number of esters is 1. The topological polar surface area (TPSA) is 64.7 Å². The normalized spacial score (nSPS) is 13.0. The third kappa shape index (κ3) is 3.19. The molecule has 0 aliphatic carbocycles. The Bertz CT molecular complexity index is 559. The summed E-state index contributed by atoms with van der Waals surface area (Å²) in [4.78, 5) is 15.6. The Morgan fingerprint density at radius 1 is 1.37 bits per heavy atom. The van der Waals surface area contributed by atoms with Crippen molar-refractivity contribution >= 4 is 17.3 Å². The fraction of sp³-hybridized carbons (Fsp3) is 0.286. The van der Waals surface area contributed by atoms with Gasteiger partial charge in [0.2, 0.25) is 0 Å². The quantitative estimate of drug-likeness (QED) is 0.673. The number of hydrogen-bond donors (Lipinski definition) is 1. The molecule has 0 aromatic heterocycles. The highest BCUT2D eigenvalue weighted by molar-refractivity contribution is 6.23. The van der Waals surface area contributed by atoms with Crippen LogP contribution in [-0.2, 0) is 4.74 Å². The molecule has 0 unspecified atom stereocenters. The molecule has 0 aliphatic heterocycles. The molecule has 1 aromatic rings. The van der Waals surface area contributed by atoms with E-state index in [1.165, 1.54) is 19.2 Å². The molecule has 19 heavy (non-hydrogen) atoms. The summed E-state index contributed by atoms with van der Waals surface area (Å²) in [6.07, 6.45) is 0. The summed E-state index contributed by atoms with van der Waals surface area (Å²) in [5.74, 6) is -1.35. The van der Waals surface area contributed by atoms with Crippen molar-refractivity contribution in [1.82, 2.24) is 0 Å². The van der Waals surface area contributed by atoms with Crippen molar-refractivity contribution in [3.63, 3.8) is 0 Å². The summed E-state index contributed by atoms with van der Waals surface area (Å²) in [7, 11) is 2.85. The molecule has 4 nitrogen and oxygen atoms in total. The molecule has 0 saturated carbocycles. The molecule has 102 valence electrons. The van der Waals surface area contributed by atoms with Crippen molar-refractivity contribution in [2.24, 2.45) is 10.7 Å². The highest BCUT2D eigenvalue weighted by atomic mass is 19.1. The Morgan fingerprint density at radius 2 is 2.00 bits per heavy atom. The molecule has 0 heterocycles. The number of aliphatic imine (C=N–C) groups is 1. The van der Waals surface area contributed by atoms with Gasteiger partial charge >= 0.3 is 5.97 Å². The lowest BCUT2D eigenvalue weighted by Crippen LogP contribution is -2.09. The first kappa shape index (κ1) is 14.9. The first-order valence-corrected chi connectivity index (χ1v) is 5.70. The second kappa shape index (κ2) is 6.13. The molecule has 0 saturated heterocycles. The maximum absolute atomic E-state index is 13.6. The number of carbonyl (C=O) groups is 1. The Kier molecular flexibility index (Phi) is 4.80. The minimum absolute atomic E-state index is 0.123. The number of allylic oxidation sites excluding steroid dienone is 2. The lowest BCUT2D eigenvalue weighted by atomic mass is 9.98. The van der Waals surface area contributed by atoms with Gasteiger partial charge in [-0.25, -0.2) is 9.18 Å². The van der Waals surface area contributed by atoms with Crippen LogP contribution in [0.1, 0.15) is 29.8 Å². The highest BCUT2D eigenvalue weighted by Crippen LogP contribution is 2.22. The SMILES string of the molecule is CN=C(C)C(=C(C)N)c1ccc(F)c(C(=O)OC)c1. The molecule has 0 radical (unpaired) electrons. The Labute approximate surface area is 111 Å². The Morgan fingerprint density at radius 3 is 2.47 bits per heavy atom. The predicted octanol–water partition coefficient (Wildman–Crippen LogP) is 2.39. The molecule has 0 fully saturated rings. The van der Waals surface area contributed by atoms with E-state index in [1.807, 2.05) is 0 Å². The van der Waals surface area contributed by atoms with Crippen LogP contribution in [-0.4, -0.2) is 25.8 Å². The summed E-state index contributed by atoms with van der Waals surface area (Å²) in [5, 5.41) is 0. The van der Waals surface area contributed by atoms with Crippen molar-refractivity contribution in [2.45, 2.75) is 13.8 Å². The van der Waals surface area contributed by atoms with Crippen LogP contribution in [0, 0.1) is 5.82 Å². The van der Waals surface area contributed by atoms with E-state index in [-0.39, 0.29) is 5.56 Å². The summed E-state index contributed by atoms with van der Waals surface area (Å²) in [5.41, 5.74) is 8.28. The van der Waals surface area contributed by atoms with Gasteiger partial charge in [0.15, 0.2) is 0 Å². The monoisotopic (exact) mass is 264 g/mol. The minimum atomic E-state index is -0.723. The third-order valence-corrected chi connectivity index (χ3v) is 2.75. The van der Waals surface area contributed by atoms with Gasteiger partial charge in [-0.1, -0.05) is 6.07 Å². The number of carbonyl (C=O) groups excluding carboxylic acids is 1. The second-order valence-corrected chi connectivity index (χ2v) is 4.05. The van der Waals surface area contributed by atoms with Gasteiger partial charge in [0, 0.05) is 24.0 Å². The van der Waals surface area contributed by atoms with Crippen molar-refractivity contribution in [3.05, 3.63) is 40.8 Å². The van der Waals surface area contributed by atoms with Gasteiger partial charge < -0.3 is 10.5 Å². The fourth-order valence-corrected chi connectivity index (χ4v) is 1.78. The van der Waals surface area contributed by atoms with Gasteiger partial charge in [-0.2, -0.15) is 0 Å². The molecule has 0 aliphatic rings. The minimum Gasteiger partial charge on any atom is -0.465 e. The van der Waals surface area contributed by atoms with Gasteiger partial charge in [-0.15, -0.1) is 0 Å². The van der Waals surface area contributed by atoms with Gasteiger partial charge in [-0.05, 0) is 31.5 Å². The summed E-state index contributed by atoms with van der Waals surface area (Å²) >= 11 is 0.